The third-order valence-corrected chi connectivity index (χ3v) is 4.97. The second kappa shape index (κ2) is 7.16. The number of nitrogen functional groups attached to an aromatic ring is 1. The van der Waals surface area contributed by atoms with Crippen molar-refractivity contribution in [3.8, 4) is 17.0 Å². The first-order chi connectivity index (χ1) is 13.5. The summed E-state index contributed by atoms with van der Waals surface area (Å²) in [7, 11) is 1.34. The second-order valence-corrected chi connectivity index (χ2v) is 6.70. The van der Waals surface area contributed by atoms with Crippen molar-refractivity contribution >= 4 is 17.0 Å². The second-order valence-electron chi connectivity index (χ2n) is 6.70. The number of ether oxygens (including phenoxy) is 2. The number of hydrogen-bond donors (Lipinski definition) is 1. The van der Waals surface area contributed by atoms with Gasteiger partial charge in [0.25, 0.3) is 5.56 Å². The molecule has 0 bridgehead atoms. The maximum atomic E-state index is 14.2. The van der Waals surface area contributed by atoms with Crippen LogP contribution in [0.4, 0.5) is 10.3 Å². The molecule has 3 aromatic rings. The number of pyridine rings is 2. The van der Waals surface area contributed by atoms with E-state index in [2.05, 4.69) is 15.0 Å². The van der Waals surface area contributed by atoms with E-state index >= 15 is 0 Å². The van der Waals surface area contributed by atoms with Crippen molar-refractivity contribution in [2.45, 2.75) is 25.8 Å². The van der Waals surface area contributed by atoms with E-state index in [0.29, 0.717) is 53.9 Å². The minimum atomic E-state index is -0.637. The van der Waals surface area contributed by atoms with Crippen LogP contribution in [0.25, 0.3) is 22.2 Å². The highest BCUT2D eigenvalue weighted by Crippen LogP contribution is 2.29. The lowest BCUT2D eigenvalue weighted by atomic mass is 10.0. The average Bonchev–Trinajstić information content (AvgIpc) is 2.68. The van der Waals surface area contributed by atoms with Crippen LogP contribution in [0.3, 0.4) is 0 Å². The fraction of sp³-hybridized carbons (Fsp3) is 0.368. The van der Waals surface area contributed by atoms with Crippen LogP contribution < -0.4 is 16.0 Å². The number of aromatic nitrogens is 4. The lowest BCUT2D eigenvalue weighted by Gasteiger charge is -2.26. The molecular weight excluding hydrogens is 365 g/mol. The lowest BCUT2D eigenvalue weighted by Crippen LogP contribution is -2.31. The van der Waals surface area contributed by atoms with Crippen molar-refractivity contribution in [3.63, 3.8) is 0 Å². The Morgan fingerprint density at radius 1 is 1.29 bits per heavy atom. The van der Waals surface area contributed by atoms with E-state index in [9.17, 15) is 9.18 Å². The van der Waals surface area contributed by atoms with Gasteiger partial charge < -0.3 is 15.2 Å². The minimum Gasteiger partial charge on any atom is -0.479 e. The molecular formula is C19H20FN5O3. The molecule has 1 saturated heterocycles. The van der Waals surface area contributed by atoms with Crippen molar-refractivity contribution in [3.05, 3.63) is 40.2 Å². The molecule has 1 aliphatic heterocycles. The molecule has 4 rings (SSSR count). The number of hydrogen-bond acceptors (Lipinski definition) is 7. The summed E-state index contributed by atoms with van der Waals surface area (Å²) < 4.78 is 26.2. The van der Waals surface area contributed by atoms with E-state index in [4.69, 9.17) is 15.2 Å². The molecule has 0 saturated carbocycles. The van der Waals surface area contributed by atoms with E-state index in [1.165, 1.54) is 19.4 Å². The molecule has 0 aliphatic carbocycles. The summed E-state index contributed by atoms with van der Waals surface area (Å²) >= 11 is 0. The van der Waals surface area contributed by atoms with Crippen LogP contribution in [-0.4, -0.2) is 39.8 Å². The fourth-order valence-corrected chi connectivity index (χ4v) is 3.58. The predicted molar refractivity (Wildman–Crippen MR) is 102 cm³/mol. The highest BCUT2D eigenvalue weighted by molar-refractivity contribution is 5.84. The van der Waals surface area contributed by atoms with Crippen LogP contribution in [0.15, 0.2) is 23.1 Å². The molecule has 9 heteroatoms. The minimum absolute atomic E-state index is 0.0894. The van der Waals surface area contributed by atoms with Gasteiger partial charge in [-0.2, -0.15) is 4.98 Å². The van der Waals surface area contributed by atoms with Gasteiger partial charge >= 0.3 is 0 Å². The predicted octanol–water partition coefficient (Wildman–Crippen LogP) is 2.24. The molecule has 0 atom stereocenters. The van der Waals surface area contributed by atoms with Crippen LogP contribution in [0.1, 0.15) is 24.6 Å². The zero-order chi connectivity index (χ0) is 19.8. The summed E-state index contributed by atoms with van der Waals surface area (Å²) in [6, 6.07) is 2.83. The van der Waals surface area contributed by atoms with Gasteiger partial charge in [-0.1, -0.05) is 0 Å². The summed E-state index contributed by atoms with van der Waals surface area (Å²) in [6.07, 6.45) is 2.78. The van der Waals surface area contributed by atoms with Gasteiger partial charge in [0, 0.05) is 42.0 Å². The fourth-order valence-electron chi connectivity index (χ4n) is 3.58. The molecule has 146 valence electrons. The monoisotopic (exact) mass is 385 g/mol. The van der Waals surface area contributed by atoms with Crippen LogP contribution in [0.2, 0.25) is 0 Å². The van der Waals surface area contributed by atoms with Gasteiger partial charge in [-0.3, -0.25) is 9.36 Å². The Kier molecular flexibility index (Phi) is 4.68. The van der Waals surface area contributed by atoms with Crippen molar-refractivity contribution in [2.75, 3.05) is 26.1 Å². The molecule has 4 heterocycles. The SMILES string of the molecule is COc1ncc(-c2cc3c(C)nc(N)nc3n(C3CCOCC3)c2=O)cc1F. The van der Waals surface area contributed by atoms with Crippen molar-refractivity contribution < 1.29 is 13.9 Å². The molecule has 0 aromatic carbocycles. The van der Waals surface area contributed by atoms with Crippen LogP contribution >= 0.6 is 0 Å². The Morgan fingerprint density at radius 3 is 2.71 bits per heavy atom. The highest BCUT2D eigenvalue weighted by atomic mass is 19.1. The van der Waals surface area contributed by atoms with Crippen molar-refractivity contribution in [2.24, 2.45) is 0 Å². The molecule has 0 unspecified atom stereocenters. The van der Waals surface area contributed by atoms with E-state index in [0.717, 1.165) is 0 Å². The summed E-state index contributed by atoms with van der Waals surface area (Å²) in [5.74, 6) is -0.654. The molecule has 0 spiro atoms. The van der Waals surface area contributed by atoms with Gasteiger partial charge in [0.2, 0.25) is 11.8 Å². The highest BCUT2D eigenvalue weighted by Gasteiger charge is 2.23. The van der Waals surface area contributed by atoms with Gasteiger partial charge in [-0.05, 0) is 31.9 Å². The number of anilines is 1. The number of aryl methyl sites for hydroxylation is 1. The molecule has 8 nitrogen and oxygen atoms in total. The molecule has 1 aliphatic rings. The number of methoxy groups -OCH3 is 1. The number of nitrogens with zero attached hydrogens (tertiary/aromatic N) is 4. The van der Waals surface area contributed by atoms with E-state index in [-0.39, 0.29) is 23.4 Å². The quantitative estimate of drug-likeness (QED) is 0.737. The van der Waals surface area contributed by atoms with E-state index in [1.807, 2.05) is 0 Å². The molecule has 1 fully saturated rings. The maximum absolute atomic E-state index is 14.2. The zero-order valence-electron chi connectivity index (χ0n) is 15.6. The molecule has 3 aromatic heterocycles. The third kappa shape index (κ3) is 3.07. The normalized spacial score (nSPS) is 15.1. The largest absolute Gasteiger partial charge is 0.479 e. The number of nitrogens with two attached hydrogens (primary N) is 1. The molecule has 2 N–H and O–H groups in total. The van der Waals surface area contributed by atoms with Gasteiger partial charge in [0.15, 0.2) is 5.82 Å². The third-order valence-electron chi connectivity index (χ3n) is 4.97. The molecule has 28 heavy (non-hydrogen) atoms. The van der Waals surface area contributed by atoms with Crippen molar-refractivity contribution in [1.82, 2.24) is 19.5 Å². The topological polar surface area (TPSA) is 105 Å². The van der Waals surface area contributed by atoms with Crippen molar-refractivity contribution in [1.29, 1.82) is 0 Å². The number of rotatable bonds is 3. The zero-order valence-corrected chi connectivity index (χ0v) is 15.6. The first-order valence-corrected chi connectivity index (χ1v) is 8.96. The van der Waals surface area contributed by atoms with E-state index in [1.54, 1.807) is 17.6 Å². The van der Waals surface area contributed by atoms with Gasteiger partial charge in [-0.15, -0.1) is 0 Å². The maximum Gasteiger partial charge on any atom is 0.260 e. The summed E-state index contributed by atoms with van der Waals surface area (Å²) in [5, 5.41) is 0.687. The van der Waals surface area contributed by atoms with Crippen LogP contribution in [-0.2, 0) is 4.74 Å². The Bertz CT molecular complexity index is 1110. The van der Waals surface area contributed by atoms with Crippen LogP contribution in [0, 0.1) is 12.7 Å². The Balaban J connectivity index is 2.01. The number of halogens is 1. The molecule has 0 amide bonds. The Hall–Kier alpha value is -3.07. The summed E-state index contributed by atoms with van der Waals surface area (Å²) in [4.78, 5) is 25.9. The first kappa shape index (κ1) is 18.3. The van der Waals surface area contributed by atoms with Crippen LogP contribution in [0.5, 0.6) is 5.88 Å². The Labute approximate surface area is 160 Å². The number of fused-ring (bicyclic) bond motifs is 1. The smallest absolute Gasteiger partial charge is 0.260 e. The summed E-state index contributed by atoms with van der Waals surface area (Å²) in [6.45, 7) is 2.91. The van der Waals surface area contributed by atoms with E-state index < -0.39 is 5.82 Å². The first-order valence-electron chi connectivity index (χ1n) is 8.96. The van der Waals surface area contributed by atoms with Gasteiger partial charge in [0.1, 0.15) is 5.65 Å². The average molecular weight is 385 g/mol. The molecule has 0 radical (unpaired) electrons. The lowest BCUT2D eigenvalue weighted by molar-refractivity contribution is 0.0697. The van der Waals surface area contributed by atoms with Gasteiger partial charge in [0.05, 0.1) is 12.8 Å². The van der Waals surface area contributed by atoms with Gasteiger partial charge in [-0.25, -0.2) is 14.4 Å². The Morgan fingerprint density at radius 2 is 2.04 bits per heavy atom. The summed E-state index contributed by atoms with van der Waals surface area (Å²) in [5.41, 5.74) is 7.37. The standard InChI is InChI=1S/C19H20FN5O3/c1-10-13-8-14(11-7-15(20)17(27-2)22-9-11)18(26)25(12-3-5-28-6-4-12)16(13)24-19(21)23-10/h7-9,12H,3-6H2,1-2H3,(H2,21,23,24).